The first-order chi connectivity index (χ1) is 14.2. The van der Waals surface area contributed by atoms with E-state index < -0.39 is 21.7 Å². The van der Waals surface area contributed by atoms with Gasteiger partial charge in [0.15, 0.2) is 9.84 Å². The normalized spacial score (nSPS) is 15.6. The molecule has 4 rings (SSSR count). The van der Waals surface area contributed by atoms with E-state index in [2.05, 4.69) is 4.98 Å². The van der Waals surface area contributed by atoms with E-state index >= 15 is 0 Å². The average molecular weight is 431 g/mol. The van der Waals surface area contributed by atoms with Gasteiger partial charge >= 0.3 is 6.09 Å². The molecule has 1 aliphatic rings. The van der Waals surface area contributed by atoms with Crippen molar-refractivity contribution in [3.8, 4) is 0 Å². The lowest BCUT2D eigenvalue weighted by molar-refractivity contribution is 0.132. The fourth-order valence-electron chi connectivity index (χ4n) is 3.96. The second kappa shape index (κ2) is 7.71. The molecule has 1 saturated heterocycles. The van der Waals surface area contributed by atoms with Crippen molar-refractivity contribution in [2.24, 2.45) is 0 Å². The van der Waals surface area contributed by atoms with Crippen molar-refractivity contribution < 1.29 is 22.7 Å². The summed E-state index contributed by atoms with van der Waals surface area (Å²) in [4.78, 5) is 16.9. The molecule has 0 radical (unpaired) electrons. The molecule has 30 heavy (non-hydrogen) atoms. The van der Waals surface area contributed by atoms with E-state index in [1.807, 2.05) is 12.1 Å². The zero-order chi connectivity index (χ0) is 21.5. The van der Waals surface area contributed by atoms with Gasteiger partial charge in [-0.25, -0.2) is 17.6 Å². The van der Waals surface area contributed by atoms with Gasteiger partial charge in [-0.3, -0.25) is 4.98 Å². The van der Waals surface area contributed by atoms with Crippen molar-refractivity contribution in [3.05, 3.63) is 59.8 Å². The van der Waals surface area contributed by atoms with Gasteiger partial charge in [-0.15, -0.1) is 0 Å². The van der Waals surface area contributed by atoms with E-state index in [1.54, 1.807) is 23.0 Å². The number of halogens is 1. The van der Waals surface area contributed by atoms with Crippen LogP contribution in [-0.2, 0) is 16.4 Å². The maximum atomic E-state index is 14.6. The highest BCUT2D eigenvalue weighted by Gasteiger charge is 2.23. The van der Waals surface area contributed by atoms with Gasteiger partial charge in [0.05, 0.1) is 22.7 Å². The molecule has 3 heterocycles. The molecule has 0 unspecified atom stereocenters. The Morgan fingerprint density at radius 1 is 1.23 bits per heavy atom. The second-order valence-corrected chi connectivity index (χ2v) is 9.70. The molecule has 1 aliphatic heterocycles. The largest absolute Gasteiger partial charge is 0.465 e. The minimum atomic E-state index is -3.49. The molecule has 0 saturated carbocycles. The molecule has 9 heteroatoms. The van der Waals surface area contributed by atoms with Crippen LogP contribution in [0.25, 0.3) is 10.9 Å². The van der Waals surface area contributed by atoms with Crippen LogP contribution in [0.4, 0.5) is 9.18 Å². The van der Waals surface area contributed by atoms with E-state index in [0.717, 1.165) is 36.4 Å². The zero-order valence-corrected chi connectivity index (χ0v) is 17.3. The molecule has 0 spiro atoms. The Bertz CT molecular complexity index is 1200. The first-order valence-corrected chi connectivity index (χ1v) is 11.5. The third kappa shape index (κ3) is 4.02. The summed E-state index contributed by atoms with van der Waals surface area (Å²) in [5.41, 5.74) is 2.17. The van der Waals surface area contributed by atoms with E-state index in [4.69, 9.17) is 5.11 Å². The summed E-state index contributed by atoms with van der Waals surface area (Å²) in [7, 11) is -3.49. The van der Waals surface area contributed by atoms with Gasteiger partial charge in [0.2, 0.25) is 0 Å². The highest BCUT2D eigenvalue weighted by Crippen LogP contribution is 2.28. The van der Waals surface area contributed by atoms with E-state index in [9.17, 15) is 17.6 Å². The van der Waals surface area contributed by atoms with Crippen LogP contribution in [0.2, 0.25) is 0 Å². The number of carbonyl (C=O) groups is 1. The minimum absolute atomic E-state index is 0.0401. The number of carboxylic acid groups (broad SMARTS) is 1. The van der Waals surface area contributed by atoms with Crippen LogP contribution in [0.5, 0.6) is 0 Å². The summed E-state index contributed by atoms with van der Waals surface area (Å²) in [5.74, 6) is -0.304. The summed E-state index contributed by atoms with van der Waals surface area (Å²) in [6, 6.07) is 8.11. The fourth-order valence-corrected chi connectivity index (χ4v) is 4.62. The number of sulfone groups is 1. The van der Waals surface area contributed by atoms with Crippen LogP contribution < -0.4 is 0 Å². The molecule has 0 atom stereocenters. The van der Waals surface area contributed by atoms with Gasteiger partial charge in [0.1, 0.15) is 5.82 Å². The predicted molar refractivity (Wildman–Crippen MR) is 110 cm³/mol. The molecule has 1 amide bonds. The summed E-state index contributed by atoms with van der Waals surface area (Å²) in [6.45, 7) is 1.40. The van der Waals surface area contributed by atoms with Crippen LogP contribution in [-0.4, -0.2) is 53.4 Å². The van der Waals surface area contributed by atoms with Crippen molar-refractivity contribution in [2.45, 2.75) is 30.2 Å². The van der Waals surface area contributed by atoms with Crippen molar-refractivity contribution in [2.75, 3.05) is 19.3 Å². The topological polar surface area (TPSA) is 92.5 Å². The van der Waals surface area contributed by atoms with Gasteiger partial charge in [-0.1, -0.05) is 6.07 Å². The Morgan fingerprint density at radius 3 is 2.57 bits per heavy atom. The summed E-state index contributed by atoms with van der Waals surface area (Å²) in [6.07, 6.45) is 5.24. The standard InChI is InChI=1S/C21H22FN3O4S/c1-30(28,29)18-10-15-6-9-25(20(15)19(22)11-18)13-17-3-2-16(12-23-17)14-4-7-24(8-5-14)21(26)27/h2-3,6,9-12,14H,4-5,7-8,13H2,1H3,(H,26,27). The number of nitrogens with zero attached hydrogens (tertiary/aromatic N) is 3. The Morgan fingerprint density at radius 2 is 1.97 bits per heavy atom. The van der Waals surface area contributed by atoms with E-state index in [1.165, 1.54) is 11.0 Å². The van der Waals surface area contributed by atoms with Gasteiger partial charge in [-0.05, 0) is 48.6 Å². The third-order valence-corrected chi connectivity index (χ3v) is 6.72. The molecule has 7 nitrogen and oxygen atoms in total. The van der Waals surface area contributed by atoms with Crippen LogP contribution in [0.3, 0.4) is 0 Å². The molecule has 1 fully saturated rings. The molecule has 3 aromatic rings. The number of rotatable bonds is 4. The Labute approximate surface area is 173 Å². The maximum Gasteiger partial charge on any atom is 0.407 e. The number of piperidine rings is 1. The maximum absolute atomic E-state index is 14.6. The van der Waals surface area contributed by atoms with Crippen molar-refractivity contribution in [1.82, 2.24) is 14.5 Å². The molecule has 158 valence electrons. The quantitative estimate of drug-likeness (QED) is 0.683. The first-order valence-electron chi connectivity index (χ1n) is 9.63. The highest BCUT2D eigenvalue weighted by atomic mass is 32.2. The number of amides is 1. The number of aromatic nitrogens is 2. The lowest BCUT2D eigenvalue weighted by Gasteiger charge is -2.30. The Kier molecular flexibility index (Phi) is 5.23. The molecular weight excluding hydrogens is 409 g/mol. The monoisotopic (exact) mass is 431 g/mol. The van der Waals surface area contributed by atoms with Gasteiger partial charge < -0.3 is 14.6 Å². The van der Waals surface area contributed by atoms with Crippen molar-refractivity contribution in [1.29, 1.82) is 0 Å². The smallest absolute Gasteiger partial charge is 0.407 e. The molecule has 1 aromatic carbocycles. The zero-order valence-electron chi connectivity index (χ0n) is 16.5. The average Bonchev–Trinajstić information content (AvgIpc) is 3.11. The highest BCUT2D eigenvalue weighted by molar-refractivity contribution is 7.90. The van der Waals surface area contributed by atoms with E-state index in [-0.39, 0.29) is 10.8 Å². The number of benzene rings is 1. The van der Waals surface area contributed by atoms with Crippen LogP contribution in [0, 0.1) is 5.82 Å². The molecule has 2 aromatic heterocycles. The van der Waals surface area contributed by atoms with Crippen LogP contribution in [0.1, 0.15) is 30.0 Å². The number of hydrogen-bond acceptors (Lipinski definition) is 4. The number of fused-ring (bicyclic) bond motifs is 1. The first kappa shape index (κ1) is 20.3. The van der Waals surface area contributed by atoms with Crippen molar-refractivity contribution >= 4 is 26.8 Å². The van der Waals surface area contributed by atoms with Crippen molar-refractivity contribution in [3.63, 3.8) is 0 Å². The predicted octanol–water partition coefficient (Wildman–Crippen LogP) is 3.48. The van der Waals surface area contributed by atoms with E-state index in [0.29, 0.717) is 30.5 Å². The SMILES string of the molecule is CS(=O)(=O)c1cc(F)c2c(ccn2Cc2ccc(C3CCN(C(=O)O)CC3)cn2)c1. The number of pyridine rings is 1. The summed E-state index contributed by atoms with van der Waals surface area (Å²) in [5, 5.41) is 9.58. The van der Waals surface area contributed by atoms with Gasteiger partial charge in [-0.2, -0.15) is 0 Å². The lowest BCUT2D eigenvalue weighted by atomic mass is 9.90. The molecule has 0 aliphatic carbocycles. The van der Waals surface area contributed by atoms with Crippen LogP contribution in [0.15, 0.2) is 47.6 Å². The molecule has 0 bridgehead atoms. The fraction of sp³-hybridized carbons (Fsp3) is 0.333. The lowest BCUT2D eigenvalue weighted by Crippen LogP contribution is -2.36. The number of likely N-dealkylation sites (tertiary alicyclic amines) is 1. The Balaban J connectivity index is 1.51. The molecular formula is C21H22FN3O4S. The van der Waals surface area contributed by atoms with Gasteiger partial charge in [0, 0.05) is 37.1 Å². The summed E-state index contributed by atoms with van der Waals surface area (Å²) >= 11 is 0. The van der Waals surface area contributed by atoms with Gasteiger partial charge in [0.25, 0.3) is 0 Å². The van der Waals surface area contributed by atoms with Crippen LogP contribution >= 0.6 is 0 Å². The summed E-state index contributed by atoms with van der Waals surface area (Å²) < 4.78 is 39.8. The molecule has 1 N–H and O–H groups in total. The Hall–Kier alpha value is -2.94. The third-order valence-electron chi connectivity index (χ3n) is 5.63. The second-order valence-electron chi connectivity index (χ2n) is 7.69. The number of hydrogen-bond donors (Lipinski definition) is 1. The minimum Gasteiger partial charge on any atom is -0.465 e.